The highest BCUT2D eigenvalue weighted by molar-refractivity contribution is 5.92. The van der Waals surface area contributed by atoms with E-state index in [0.717, 1.165) is 50.3 Å². The third-order valence-corrected chi connectivity index (χ3v) is 5.31. The first-order valence-electron chi connectivity index (χ1n) is 10.0. The van der Waals surface area contributed by atoms with E-state index in [1.807, 2.05) is 41.4 Å². The summed E-state index contributed by atoms with van der Waals surface area (Å²) in [5.74, 6) is 1.31. The molecule has 7 heteroatoms. The minimum atomic E-state index is -0.0569. The maximum absolute atomic E-state index is 13.0. The number of piperidine rings is 1. The summed E-state index contributed by atoms with van der Waals surface area (Å²) >= 11 is 0. The van der Waals surface area contributed by atoms with E-state index in [0.29, 0.717) is 12.2 Å². The largest absolute Gasteiger partial charge is 0.336 e. The van der Waals surface area contributed by atoms with Gasteiger partial charge in [0.05, 0.1) is 11.9 Å². The lowest BCUT2D eigenvalue weighted by molar-refractivity contribution is 0.0697. The zero-order chi connectivity index (χ0) is 19.3. The molecule has 1 amide bonds. The summed E-state index contributed by atoms with van der Waals surface area (Å²) in [6.07, 6.45) is 9.97. The monoisotopic (exact) mass is 378 g/mol. The van der Waals surface area contributed by atoms with E-state index in [1.54, 1.807) is 10.9 Å². The first kappa shape index (κ1) is 18.4. The zero-order valence-corrected chi connectivity index (χ0v) is 16.2. The number of aryl methyl sites for hydroxylation is 1. The van der Waals surface area contributed by atoms with Gasteiger partial charge in [0.25, 0.3) is 5.91 Å². The number of nitrogens with zero attached hydrogens (tertiary/aromatic N) is 6. The van der Waals surface area contributed by atoms with Crippen molar-refractivity contribution in [1.82, 2.24) is 29.4 Å². The molecule has 146 valence electrons. The Kier molecular flexibility index (Phi) is 5.50. The maximum Gasteiger partial charge on any atom is 0.276 e. The van der Waals surface area contributed by atoms with E-state index < -0.39 is 0 Å². The Morgan fingerprint density at radius 2 is 2.11 bits per heavy atom. The van der Waals surface area contributed by atoms with Gasteiger partial charge in [0, 0.05) is 37.9 Å². The van der Waals surface area contributed by atoms with E-state index in [2.05, 4.69) is 33.0 Å². The Labute approximate surface area is 165 Å². The second kappa shape index (κ2) is 8.37. The highest BCUT2D eigenvalue weighted by atomic mass is 16.2. The number of imidazole rings is 1. The second-order valence-electron chi connectivity index (χ2n) is 7.31. The first-order chi connectivity index (χ1) is 13.8. The molecule has 0 bridgehead atoms. The van der Waals surface area contributed by atoms with Crippen molar-refractivity contribution in [2.45, 2.75) is 45.1 Å². The quantitative estimate of drug-likeness (QED) is 0.660. The Hall–Kier alpha value is -2.96. The third kappa shape index (κ3) is 3.83. The van der Waals surface area contributed by atoms with Crippen LogP contribution in [0.15, 0.2) is 48.9 Å². The Morgan fingerprint density at radius 1 is 1.25 bits per heavy atom. The fourth-order valence-corrected chi connectivity index (χ4v) is 3.80. The molecule has 1 aliphatic heterocycles. The summed E-state index contributed by atoms with van der Waals surface area (Å²) in [5, 5.41) is 8.24. The van der Waals surface area contributed by atoms with Crippen LogP contribution in [-0.4, -0.2) is 48.4 Å². The molecule has 0 spiro atoms. The van der Waals surface area contributed by atoms with Crippen molar-refractivity contribution < 1.29 is 4.79 Å². The number of hydrogen-bond acceptors (Lipinski definition) is 4. The van der Waals surface area contributed by atoms with Crippen LogP contribution in [0.5, 0.6) is 0 Å². The molecule has 1 aromatic carbocycles. The molecule has 1 fully saturated rings. The predicted molar refractivity (Wildman–Crippen MR) is 106 cm³/mol. The molecule has 3 heterocycles. The standard InChI is InChI=1S/C21H26N6O/c1-2-3-12-25-14-11-22-20(25)17-8-7-13-26(15-17)21(28)19-16-27(24-23-19)18-9-5-4-6-10-18/h4-6,9-11,14,16-17H,2-3,7-8,12-13,15H2,1H3. The van der Waals surface area contributed by atoms with Crippen molar-refractivity contribution in [2.24, 2.45) is 0 Å². The van der Waals surface area contributed by atoms with Gasteiger partial charge < -0.3 is 9.47 Å². The molecule has 2 aromatic heterocycles. The molecular weight excluding hydrogens is 352 g/mol. The van der Waals surface area contributed by atoms with Crippen LogP contribution < -0.4 is 0 Å². The Bertz CT molecular complexity index is 916. The third-order valence-electron chi connectivity index (χ3n) is 5.31. The fraction of sp³-hybridized carbons (Fsp3) is 0.429. The van der Waals surface area contributed by atoms with Crippen LogP contribution in [0.25, 0.3) is 5.69 Å². The van der Waals surface area contributed by atoms with E-state index in [-0.39, 0.29) is 11.8 Å². The molecule has 0 aliphatic carbocycles. The molecule has 28 heavy (non-hydrogen) atoms. The van der Waals surface area contributed by atoms with E-state index in [9.17, 15) is 4.79 Å². The van der Waals surface area contributed by atoms with Gasteiger partial charge in [-0.25, -0.2) is 9.67 Å². The smallest absolute Gasteiger partial charge is 0.276 e. The molecule has 3 aromatic rings. The Morgan fingerprint density at radius 3 is 2.93 bits per heavy atom. The molecule has 4 rings (SSSR count). The van der Waals surface area contributed by atoms with Crippen molar-refractivity contribution in [3.63, 3.8) is 0 Å². The number of likely N-dealkylation sites (tertiary alicyclic amines) is 1. The van der Waals surface area contributed by atoms with Gasteiger partial charge >= 0.3 is 0 Å². The van der Waals surface area contributed by atoms with E-state index >= 15 is 0 Å². The molecule has 1 unspecified atom stereocenters. The number of carbonyl (C=O) groups excluding carboxylic acids is 1. The zero-order valence-electron chi connectivity index (χ0n) is 16.2. The van der Waals surface area contributed by atoms with Crippen molar-refractivity contribution in [2.75, 3.05) is 13.1 Å². The number of para-hydroxylation sites is 1. The Balaban J connectivity index is 1.47. The molecule has 0 N–H and O–H groups in total. The minimum absolute atomic E-state index is 0.0569. The topological polar surface area (TPSA) is 68.8 Å². The summed E-state index contributed by atoms with van der Waals surface area (Å²) < 4.78 is 3.89. The van der Waals surface area contributed by atoms with Crippen molar-refractivity contribution in [3.8, 4) is 5.69 Å². The van der Waals surface area contributed by atoms with Gasteiger partial charge in [-0.3, -0.25) is 4.79 Å². The summed E-state index contributed by atoms with van der Waals surface area (Å²) in [5.41, 5.74) is 1.28. The lowest BCUT2D eigenvalue weighted by Gasteiger charge is -2.32. The predicted octanol–water partition coefficient (Wildman–Crippen LogP) is 3.28. The lowest BCUT2D eigenvalue weighted by atomic mass is 9.96. The normalized spacial score (nSPS) is 17.0. The molecule has 1 aliphatic rings. The van der Waals surface area contributed by atoms with Crippen LogP contribution in [-0.2, 0) is 6.54 Å². The van der Waals surface area contributed by atoms with Crippen molar-refractivity contribution in [1.29, 1.82) is 0 Å². The highest BCUT2D eigenvalue weighted by Crippen LogP contribution is 2.27. The maximum atomic E-state index is 13.0. The average Bonchev–Trinajstić information content (AvgIpc) is 3.42. The molecule has 0 radical (unpaired) electrons. The summed E-state index contributed by atoms with van der Waals surface area (Å²) in [6, 6.07) is 9.71. The van der Waals surface area contributed by atoms with Crippen LogP contribution in [0.1, 0.15) is 54.8 Å². The van der Waals surface area contributed by atoms with Crippen LogP contribution >= 0.6 is 0 Å². The van der Waals surface area contributed by atoms with Gasteiger partial charge in [-0.2, -0.15) is 0 Å². The van der Waals surface area contributed by atoms with E-state index in [1.165, 1.54) is 0 Å². The first-order valence-corrected chi connectivity index (χ1v) is 10.0. The van der Waals surface area contributed by atoms with Gasteiger partial charge in [0.2, 0.25) is 0 Å². The van der Waals surface area contributed by atoms with Crippen LogP contribution in [0.2, 0.25) is 0 Å². The van der Waals surface area contributed by atoms with Gasteiger partial charge in [0.15, 0.2) is 5.69 Å². The average molecular weight is 378 g/mol. The fourth-order valence-electron chi connectivity index (χ4n) is 3.80. The second-order valence-corrected chi connectivity index (χ2v) is 7.31. The summed E-state index contributed by atoms with van der Waals surface area (Å²) in [7, 11) is 0. The number of hydrogen-bond donors (Lipinski definition) is 0. The summed E-state index contributed by atoms with van der Waals surface area (Å²) in [4.78, 5) is 19.5. The molecule has 1 saturated heterocycles. The van der Waals surface area contributed by atoms with Crippen LogP contribution in [0.3, 0.4) is 0 Å². The van der Waals surface area contributed by atoms with E-state index in [4.69, 9.17) is 0 Å². The molecule has 1 atom stereocenters. The number of unbranched alkanes of at least 4 members (excludes halogenated alkanes) is 1. The van der Waals surface area contributed by atoms with Crippen LogP contribution in [0, 0.1) is 0 Å². The number of benzene rings is 1. The molecule has 0 saturated carbocycles. The number of rotatable bonds is 6. The van der Waals surface area contributed by atoms with Gasteiger partial charge in [-0.15, -0.1) is 5.10 Å². The van der Waals surface area contributed by atoms with Crippen molar-refractivity contribution >= 4 is 5.91 Å². The van der Waals surface area contributed by atoms with Gasteiger partial charge in [-0.1, -0.05) is 36.8 Å². The number of aromatic nitrogens is 5. The lowest BCUT2D eigenvalue weighted by Crippen LogP contribution is -2.40. The van der Waals surface area contributed by atoms with Gasteiger partial charge in [-0.05, 0) is 31.4 Å². The minimum Gasteiger partial charge on any atom is -0.336 e. The SMILES string of the molecule is CCCCn1ccnc1C1CCCN(C(=O)c2cn(-c3ccccc3)nn2)C1. The molecular formula is C21H26N6O. The number of amides is 1. The number of carbonyl (C=O) groups is 1. The molecule has 7 nitrogen and oxygen atoms in total. The van der Waals surface area contributed by atoms with Crippen LogP contribution in [0.4, 0.5) is 0 Å². The highest BCUT2D eigenvalue weighted by Gasteiger charge is 2.29. The summed E-state index contributed by atoms with van der Waals surface area (Å²) in [6.45, 7) is 4.62. The van der Waals surface area contributed by atoms with Crippen molar-refractivity contribution in [3.05, 3.63) is 60.4 Å². The van der Waals surface area contributed by atoms with Gasteiger partial charge in [0.1, 0.15) is 5.82 Å².